The Morgan fingerprint density at radius 3 is 2.56 bits per heavy atom. The van der Waals surface area contributed by atoms with Crippen LogP contribution in [0, 0.1) is 12.8 Å². The van der Waals surface area contributed by atoms with Gasteiger partial charge in [0.1, 0.15) is 5.75 Å². The summed E-state index contributed by atoms with van der Waals surface area (Å²) in [7, 11) is -0.782. The molecule has 2 aromatic carbocycles. The Kier molecular flexibility index (Phi) is 9.38. The van der Waals surface area contributed by atoms with Gasteiger partial charge in [0, 0.05) is 38.1 Å². The first kappa shape index (κ1) is 32.6. The van der Waals surface area contributed by atoms with Crippen molar-refractivity contribution in [3.05, 3.63) is 76.1 Å². The smallest absolute Gasteiger partial charge is 0.419 e. The Morgan fingerprint density at radius 2 is 1.89 bits per heavy atom. The molecule has 1 aliphatic heterocycles. The molecule has 242 valence electrons. The van der Waals surface area contributed by atoms with Crippen LogP contribution >= 0.6 is 0 Å². The lowest BCUT2D eigenvalue weighted by Gasteiger charge is -2.29. The van der Waals surface area contributed by atoms with Crippen molar-refractivity contribution in [3.63, 3.8) is 0 Å². The second-order valence-corrected chi connectivity index (χ2v) is 13.5. The fourth-order valence-corrected chi connectivity index (χ4v) is 6.77. The van der Waals surface area contributed by atoms with Crippen LogP contribution in [-0.2, 0) is 33.8 Å². The molecule has 0 bridgehead atoms. The number of amides is 1. The fourth-order valence-electron chi connectivity index (χ4n) is 6.08. The average Bonchev–Trinajstić information content (AvgIpc) is 3.34. The average molecular weight is 648 g/mol. The van der Waals surface area contributed by atoms with E-state index in [4.69, 9.17) is 9.47 Å². The number of nitrogens with zero attached hydrogens (tertiary/aromatic N) is 3. The van der Waals surface area contributed by atoms with Gasteiger partial charge in [0.05, 0.1) is 36.4 Å². The largest absolute Gasteiger partial charge is 0.495 e. The zero-order valence-corrected chi connectivity index (χ0v) is 26.3. The molecule has 2 atom stereocenters. The number of aromatic nitrogens is 2. The van der Waals surface area contributed by atoms with Gasteiger partial charge < -0.3 is 20.1 Å². The van der Waals surface area contributed by atoms with E-state index in [0.29, 0.717) is 55.0 Å². The van der Waals surface area contributed by atoms with Crippen LogP contribution in [-0.4, -0.2) is 68.3 Å². The van der Waals surface area contributed by atoms with E-state index in [9.17, 15) is 26.4 Å². The number of halogens is 3. The number of nitrogens with one attached hydrogen (secondary N) is 2. The standard InChI is InChI=1S/C31H36F3N5O5S/c1-18-13-27(43-3)26(16-23(18)29(40)36-21-9-11-44-12-10-21)38-30-35-17-24(31(32,33)34)25(37-30)15-20-14-19-7-5-6-8-22(19)28(20)39(2)45(4,41)42/h5-8,13,16-17,20-21,28H,9-12,14-15H2,1-4H3,(H,36,40)(H,35,37,38)/t20-,28-/m0/s1. The Labute approximate surface area is 260 Å². The van der Waals surface area contributed by atoms with E-state index < -0.39 is 33.7 Å². The van der Waals surface area contributed by atoms with E-state index >= 15 is 0 Å². The molecule has 1 saturated heterocycles. The van der Waals surface area contributed by atoms with Crippen LogP contribution in [0.25, 0.3) is 0 Å². The number of hydrogen-bond donors (Lipinski definition) is 2. The second kappa shape index (κ2) is 12.9. The lowest BCUT2D eigenvalue weighted by molar-refractivity contribution is -0.138. The molecule has 0 radical (unpaired) electrons. The first-order valence-electron chi connectivity index (χ1n) is 14.5. The van der Waals surface area contributed by atoms with Crippen molar-refractivity contribution >= 4 is 27.6 Å². The Balaban J connectivity index is 1.47. The number of rotatable bonds is 9. The van der Waals surface area contributed by atoms with Crippen LogP contribution in [0.2, 0.25) is 0 Å². The number of alkyl halides is 3. The van der Waals surface area contributed by atoms with Gasteiger partial charge in [-0.3, -0.25) is 4.79 Å². The first-order valence-corrected chi connectivity index (χ1v) is 16.4. The van der Waals surface area contributed by atoms with Gasteiger partial charge in [-0.15, -0.1) is 0 Å². The zero-order valence-electron chi connectivity index (χ0n) is 25.4. The third-order valence-electron chi connectivity index (χ3n) is 8.44. The van der Waals surface area contributed by atoms with E-state index in [2.05, 4.69) is 20.6 Å². The minimum atomic E-state index is -4.74. The topological polar surface area (TPSA) is 123 Å². The summed E-state index contributed by atoms with van der Waals surface area (Å²) in [5, 5.41) is 5.97. The van der Waals surface area contributed by atoms with Gasteiger partial charge >= 0.3 is 6.18 Å². The molecular formula is C31H36F3N5O5S. The predicted octanol–water partition coefficient (Wildman–Crippen LogP) is 4.81. The molecule has 1 fully saturated rings. The first-order chi connectivity index (χ1) is 21.3. The van der Waals surface area contributed by atoms with Crippen LogP contribution in [0.3, 0.4) is 0 Å². The molecule has 5 rings (SSSR count). The fraction of sp³-hybridized carbons (Fsp3) is 0.452. The molecule has 1 aromatic heterocycles. The summed E-state index contributed by atoms with van der Waals surface area (Å²) in [6, 6.07) is 9.79. The Morgan fingerprint density at radius 1 is 1.18 bits per heavy atom. The highest BCUT2D eigenvalue weighted by molar-refractivity contribution is 7.88. The van der Waals surface area contributed by atoms with Crippen LogP contribution < -0.4 is 15.4 Å². The number of carbonyl (C=O) groups is 1. The van der Waals surface area contributed by atoms with Crippen molar-refractivity contribution in [2.75, 3.05) is 38.9 Å². The highest BCUT2D eigenvalue weighted by Gasteiger charge is 2.41. The number of aryl methyl sites for hydroxylation is 1. The van der Waals surface area contributed by atoms with Gasteiger partial charge in [-0.1, -0.05) is 24.3 Å². The quantitative estimate of drug-likeness (QED) is 0.339. The maximum atomic E-state index is 14.2. The monoisotopic (exact) mass is 647 g/mol. The minimum absolute atomic E-state index is 0.0303. The number of fused-ring (bicyclic) bond motifs is 1. The third-order valence-corrected chi connectivity index (χ3v) is 9.71. The molecule has 3 aromatic rings. The Hall–Kier alpha value is -3.75. The van der Waals surface area contributed by atoms with Crippen LogP contribution in [0.1, 0.15) is 57.2 Å². The molecule has 14 heteroatoms. The van der Waals surface area contributed by atoms with Gasteiger partial charge in [-0.2, -0.15) is 17.5 Å². The molecule has 2 heterocycles. The SMILES string of the molecule is COc1cc(C)c(C(=O)NC2CCOCC2)cc1Nc1ncc(C(F)(F)F)c(C[C@@H]2Cc3ccccc3[C@H]2N(C)S(C)(=O)=O)n1. The Bertz CT molecular complexity index is 1680. The van der Waals surface area contributed by atoms with E-state index in [0.717, 1.165) is 23.6 Å². The summed E-state index contributed by atoms with van der Waals surface area (Å²) < 4.78 is 79.8. The molecule has 2 aliphatic rings. The number of carbonyl (C=O) groups excluding carboxylic acids is 1. The molecule has 1 aliphatic carbocycles. The minimum Gasteiger partial charge on any atom is -0.495 e. The molecule has 2 N–H and O–H groups in total. The lowest BCUT2D eigenvalue weighted by Crippen LogP contribution is -2.39. The number of hydrogen-bond acceptors (Lipinski definition) is 8. The van der Waals surface area contributed by atoms with Crippen LogP contribution in [0.4, 0.5) is 24.8 Å². The van der Waals surface area contributed by atoms with Gasteiger partial charge in [-0.25, -0.2) is 18.4 Å². The van der Waals surface area contributed by atoms with Gasteiger partial charge in [0.15, 0.2) is 0 Å². The van der Waals surface area contributed by atoms with E-state index in [1.165, 1.54) is 18.5 Å². The molecule has 1 amide bonds. The maximum absolute atomic E-state index is 14.2. The predicted molar refractivity (Wildman–Crippen MR) is 162 cm³/mol. The number of benzene rings is 2. The van der Waals surface area contributed by atoms with Crippen molar-refractivity contribution in [2.45, 2.75) is 50.9 Å². The molecule has 45 heavy (non-hydrogen) atoms. The van der Waals surface area contributed by atoms with Gasteiger partial charge in [0.2, 0.25) is 16.0 Å². The van der Waals surface area contributed by atoms with E-state index in [1.807, 2.05) is 12.1 Å². The third kappa shape index (κ3) is 7.23. The summed E-state index contributed by atoms with van der Waals surface area (Å²) in [4.78, 5) is 21.4. The van der Waals surface area contributed by atoms with E-state index in [1.54, 1.807) is 31.2 Å². The van der Waals surface area contributed by atoms with Crippen LogP contribution in [0.15, 0.2) is 42.6 Å². The molecular weight excluding hydrogens is 611 g/mol. The normalized spacial score (nSPS) is 18.9. The van der Waals surface area contributed by atoms with Crippen molar-refractivity contribution in [1.29, 1.82) is 0 Å². The number of ether oxygens (including phenoxy) is 2. The summed E-state index contributed by atoms with van der Waals surface area (Å²) >= 11 is 0. The summed E-state index contributed by atoms with van der Waals surface area (Å²) in [5.41, 5.74) is 1.68. The number of anilines is 2. The zero-order chi connectivity index (χ0) is 32.5. The second-order valence-electron chi connectivity index (χ2n) is 11.5. The number of sulfonamides is 1. The van der Waals surface area contributed by atoms with Gasteiger partial charge in [-0.05, 0) is 67.3 Å². The lowest BCUT2D eigenvalue weighted by atomic mass is 9.93. The van der Waals surface area contributed by atoms with Crippen LogP contribution in [0.5, 0.6) is 5.75 Å². The highest BCUT2D eigenvalue weighted by Crippen LogP contribution is 2.43. The van der Waals surface area contributed by atoms with Gasteiger partial charge in [0.25, 0.3) is 5.91 Å². The maximum Gasteiger partial charge on any atom is 0.419 e. The van der Waals surface area contributed by atoms with E-state index in [-0.39, 0.29) is 30.0 Å². The molecule has 0 saturated carbocycles. The van der Waals surface area contributed by atoms with Crippen molar-refractivity contribution in [3.8, 4) is 5.75 Å². The molecule has 10 nitrogen and oxygen atoms in total. The molecule has 0 spiro atoms. The number of methoxy groups -OCH3 is 1. The molecule has 0 unspecified atom stereocenters. The van der Waals surface area contributed by atoms with Crippen molar-refractivity contribution in [2.24, 2.45) is 5.92 Å². The van der Waals surface area contributed by atoms with Crippen molar-refractivity contribution < 1.29 is 35.9 Å². The summed E-state index contributed by atoms with van der Waals surface area (Å²) in [6.45, 7) is 2.89. The summed E-state index contributed by atoms with van der Waals surface area (Å²) in [5.74, 6) is -0.581. The highest BCUT2D eigenvalue weighted by atomic mass is 32.2. The van der Waals surface area contributed by atoms with Crippen molar-refractivity contribution in [1.82, 2.24) is 19.6 Å². The summed E-state index contributed by atoms with van der Waals surface area (Å²) in [6.07, 6.45) is -1.33.